The smallest absolute Gasteiger partial charge is 0.348 e. The molecule has 27 heavy (non-hydrogen) atoms. The average Bonchev–Trinajstić information content (AvgIpc) is 2.93. The number of benzene rings is 1. The first-order valence-electron chi connectivity index (χ1n) is 7.94. The van der Waals surface area contributed by atoms with E-state index in [9.17, 15) is 26.7 Å². The highest BCUT2D eigenvalue weighted by atomic mass is 19.4. The molecular weight excluding hydrogens is 369 g/mol. The molecule has 1 amide bonds. The lowest BCUT2D eigenvalue weighted by atomic mass is 10.2. The summed E-state index contributed by atoms with van der Waals surface area (Å²) in [7, 11) is 0. The molecule has 1 aromatic carbocycles. The largest absolute Gasteiger partial charge is 0.431 e. The van der Waals surface area contributed by atoms with Crippen molar-refractivity contribution in [2.45, 2.75) is 25.7 Å². The quantitative estimate of drug-likeness (QED) is 0.688. The number of fused-ring (bicyclic) bond motifs is 1. The van der Waals surface area contributed by atoms with E-state index in [0.717, 1.165) is 22.8 Å². The highest BCUT2D eigenvalue weighted by Gasteiger charge is 2.36. The molecule has 0 saturated heterocycles. The Labute approximate surface area is 150 Å². The zero-order valence-corrected chi connectivity index (χ0v) is 14.0. The van der Waals surface area contributed by atoms with Crippen LogP contribution in [-0.2, 0) is 12.7 Å². The van der Waals surface area contributed by atoms with Crippen molar-refractivity contribution in [2.75, 3.05) is 0 Å². The fraction of sp³-hybridized carbons (Fsp3) is 0.222. The van der Waals surface area contributed by atoms with E-state index in [1.165, 1.54) is 25.3 Å². The zero-order valence-electron chi connectivity index (χ0n) is 14.0. The Morgan fingerprint density at radius 2 is 1.96 bits per heavy atom. The number of carbonyl (C=O) groups is 1. The predicted molar refractivity (Wildman–Crippen MR) is 88.0 cm³/mol. The summed E-state index contributed by atoms with van der Waals surface area (Å²) in [5, 5.41) is 2.73. The number of hydrogen-bond acceptors (Lipinski definition) is 2. The number of carbonyl (C=O) groups excluding carboxylic acids is 1. The molecule has 2 aromatic heterocycles. The molecule has 3 aromatic rings. The third-order valence-corrected chi connectivity index (χ3v) is 3.96. The van der Waals surface area contributed by atoms with Crippen molar-refractivity contribution >= 4 is 16.9 Å². The highest BCUT2D eigenvalue weighted by Crippen LogP contribution is 2.33. The summed E-state index contributed by atoms with van der Waals surface area (Å²) in [4.78, 5) is 16.1. The topological polar surface area (TPSA) is 46.9 Å². The minimum Gasteiger partial charge on any atom is -0.348 e. The van der Waals surface area contributed by atoms with Gasteiger partial charge in [-0.15, -0.1) is 0 Å². The van der Waals surface area contributed by atoms with Gasteiger partial charge in [-0.25, -0.2) is 13.8 Å². The van der Waals surface area contributed by atoms with Crippen LogP contribution in [-0.4, -0.2) is 21.5 Å². The SMILES string of the molecule is C[C@H](Cn1c(C(F)(F)F)cc2cccnc21)NC(=O)c1ccc(F)cc1F. The molecule has 0 radical (unpaired) electrons. The minimum absolute atomic E-state index is 0.124. The first kappa shape index (κ1) is 18.8. The number of rotatable bonds is 4. The Morgan fingerprint density at radius 3 is 2.63 bits per heavy atom. The molecule has 0 unspecified atom stereocenters. The van der Waals surface area contributed by atoms with Gasteiger partial charge in [0.1, 0.15) is 23.0 Å². The van der Waals surface area contributed by atoms with Crippen LogP contribution in [0.2, 0.25) is 0 Å². The van der Waals surface area contributed by atoms with E-state index < -0.39 is 41.0 Å². The molecule has 3 rings (SSSR count). The molecule has 0 bridgehead atoms. The van der Waals surface area contributed by atoms with E-state index in [2.05, 4.69) is 10.3 Å². The van der Waals surface area contributed by atoms with Gasteiger partial charge in [-0.05, 0) is 37.3 Å². The normalized spacial score (nSPS) is 13.0. The molecule has 9 heteroatoms. The van der Waals surface area contributed by atoms with Gasteiger partial charge in [-0.3, -0.25) is 4.79 Å². The summed E-state index contributed by atoms with van der Waals surface area (Å²) in [6, 6.07) is 5.69. The van der Waals surface area contributed by atoms with Crippen LogP contribution < -0.4 is 5.32 Å². The second-order valence-electron chi connectivity index (χ2n) is 6.05. The van der Waals surface area contributed by atoms with Crippen LogP contribution in [0, 0.1) is 11.6 Å². The fourth-order valence-corrected chi connectivity index (χ4v) is 2.80. The Morgan fingerprint density at radius 1 is 1.22 bits per heavy atom. The van der Waals surface area contributed by atoms with Crippen molar-refractivity contribution in [1.82, 2.24) is 14.9 Å². The number of amides is 1. The van der Waals surface area contributed by atoms with Crippen LogP contribution in [0.5, 0.6) is 0 Å². The highest BCUT2D eigenvalue weighted by molar-refractivity contribution is 5.94. The Balaban J connectivity index is 1.85. The van der Waals surface area contributed by atoms with E-state index in [4.69, 9.17) is 0 Å². The summed E-state index contributed by atoms with van der Waals surface area (Å²) >= 11 is 0. The molecule has 2 heterocycles. The van der Waals surface area contributed by atoms with Crippen LogP contribution in [0.3, 0.4) is 0 Å². The summed E-state index contributed by atoms with van der Waals surface area (Å²) in [5.41, 5.74) is -1.17. The Bertz CT molecular complexity index is 996. The number of alkyl halides is 3. The lowest BCUT2D eigenvalue weighted by Gasteiger charge is -2.18. The predicted octanol–water partition coefficient (Wildman–Crippen LogP) is 4.15. The number of nitrogens with one attached hydrogen (secondary N) is 1. The van der Waals surface area contributed by atoms with Crippen molar-refractivity contribution in [1.29, 1.82) is 0 Å². The van der Waals surface area contributed by atoms with E-state index in [-0.39, 0.29) is 12.2 Å². The lowest BCUT2D eigenvalue weighted by Crippen LogP contribution is -2.37. The fourth-order valence-electron chi connectivity index (χ4n) is 2.80. The maximum Gasteiger partial charge on any atom is 0.431 e. The van der Waals surface area contributed by atoms with Gasteiger partial charge < -0.3 is 9.88 Å². The van der Waals surface area contributed by atoms with Crippen LogP contribution >= 0.6 is 0 Å². The second-order valence-corrected chi connectivity index (χ2v) is 6.05. The summed E-state index contributed by atoms with van der Waals surface area (Å²) < 4.78 is 67.6. The molecule has 0 fully saturated rings. The van der Waals surface area contributed by atoms with Crippen LogP contribution in [0.4, 0.5) is 22.0 Å². The minimum atomic E-state index is -4.60. The van der Waals surface area contributed by atoms with Gasteiger partial charge in [0.2, 0.25) is 0 Å². The van der Waals surface area contributed by atoms with Crippen molar-refractivity contribution in [2.24, 2.45) is 0 Å². The van der Waals surface area contributed by atoms with Crippen molar-refractivity contribution in [3.63, 3.8) is 0 Å². The number of hydrogen-bond donors (Lipinski definition) is 1. The first-order valence-corrected chi connectivity index (χ1v) is 7.94. The molecule has 0 aliphatic carbocycles. The van der Waals surface area contributed by atoms with Gasteiger partial charge in [0.15, 0.2) is 0 Å². The molecule has 4 nitrogen and oxygen atoms in total. The van der Waals surface area contributed by atoms with E-state index in [1.807, 2.05) is 0 Å². The maximum atomic E-state index is 13.7. The molecule has 0 aliphatic heterocycles. The van der Waals surface area contributed by atoms with Crippen LogP contribution in [0.15, 0.2) is 42.6 Å². The van der Waals surface area contributed by atoms with Crippen molar-refractivity contribution in [3.05, 3.63) is 65.5 Å². The monoisotopic (exact) mass is 383 g/mol. The molecule has 0 spiro atoms. The third kappa shape index (κ3) is 3.91. The Kier molecular flexibility index (Phi) is 4.86. The number of halogens is 5. The summed E-state index contributed by atoms with van der Waals surface area (Å²) in [6.45, 7) is 1.25. The molecule has 0 saturated carbocycles. The van der Waals surface area contributed by atoms with Gasteiger partial charge in [0.05, 0.1) is 5.56 Å². The van der Waals surface area contributed by atoms with Gasteiger partial charge in [0.25, 0.3) is 5.91 Å². The zero-order chi connectivity index (χ0) is 19.8. The van der Waals surface area contributed by atoms with Gasteiger partial charge >= 0.3 is 6.18 Å². The number of pyridine rings is 1. The second kappa shape index (κ2) is 6.98. The van der Waals surface area contributed by atoms with Gasteiger partial charge in [0, 0.05) is 30.2 Å². The van der Waals surface area contributed by atoms with E-state index >= 15 is 0 Å². The van der Waals surface area contributed by atoms with Gasteiger partial charge in [-0.1, -0.05) is 0 Å². The van der Waals surface area contributed by atoms with Crippen molar-refractivity contribution < 1.29 is 26.7 Å². The molecule has 1 N–H and O–H groups in total. The molecule has 142 valence electrons. The standard InChI is InChI=1S/C18H14F5N3O/c1-10(25-17(27)13-5-4-12(19)8-14(13)20)9-26-15(18(21,22)23)7-11-3-2-6-24-16(11)26/h2-8,10H,9H2,1H3,(H,25,27)/t10-/m1/s1. The molecule has 0 aliphatic rings. The Hall–Kier alpha value is -2.97. The summed E-state index contributed by atoms with van der Waals surface area (Å²) in [5.74, 6) is -2.74. The van der Waals surface area contributed by atoms with E-state index in [1.54, 1.807) is 0 Å². The van der Waals surface area contributed by atoms with Gasteiger partial charge in [-0.2, -0.15) is 13.2 Å². The van der Waals surface area contributed by atoms with Crippen LogP contribution in [0.1, 0.15) is 23.0 Å². The van der Waals surface area contributed by atoms with Crippen molar-refractivity contribution in [3.8, 4) is 0 Å². The maximum absolute atomic E-state index is 13.7. The number of nitrogens with zero attached hydrogens (tertiary/aromatic N) is 2. The third-order valence-electron chi connectivity index (χ3n) is 3.96. The molecular formula is C18H14F5N3O. The van der Waals surface area contributed by atoms with E-state index in [0.29, 0.717) is 11.5 Å². The van der Waals surface area contributed by atoms with Crippen LogP contribution in [0.25, 0.3) is 11.0 Å². The average molecular weight is 383 g/mol. The molecule has 1 atom stereocenters. The first-order chi connectivity index (χ1) is 12.7. The lowest BCUT2D eigenvalue weighted by molar-refractivity contribution is -0.143. The summed E-state index contributed by atoms with van der Waals surface area (Å²) in [6.07, 6.45) is -3.23. The number of aromatic nitrogens is 2.